The largest absolute Gasteiger partial charge is 0.449 e. The van der Waals surface area contributed by atoms with Gasteiger partial charge in [0.25, 0.3) is 11.8 Å². The first-order chi connectivity index (χ1) is 26.5. The molecule has 4 aromatic rings. The van der Waals surface area contributed by atoms with Crippen LogP contribution in [0.1, 0.15) is 45.5 Å². The number of amides is 6. The van der Waals surface area contributed by atoms with Crippen LogP contribution >= 0.6 is 11.6 Å². The lowest BCUT2D eigenvalue weighted by Crippen LogP contribution is -2.54. The summed E-state index contributed by atoms with van der Waals surface area (Å²) >= 11 is 6.71. The fraction of sp³-hybridized carbons (Fsp3) is 0.342. The molecule has 2 N–H and O–H groups in total. The number of hydrogen-bond acceptors (Lipinski definition) is 9. The first-order valence-corrected chi connectivity index (χ1v) is 18.2. The molecule has 1 unspecified atom stereocenters. The Labute approximate surface area is 317 Å². The molecule has 55 heavy (non-hydrogen) atoms. The van der Waals surface area contributed by atoms with Gasteiger partial charge in [0.1, 0.15) is 18.2 Å². The molecule has 4 aliphatic rings. The van der Waals surface area contributed by atoms with Crippen molar-refractivity contribution in [3.63, 3.8) is 0 Å². The maximum absolute atomic E-state index is 13.2. The van der Waals surface area contributed by atoms with Crippen molar-refractivity contribution in [2.24, 2.45) is 5.92 Å². The molecule has 284 valence electrons. The van der Waals surface area contributed by atoms with Crippen molar-refractivity contribution < 1.29 is 42.3 Å². The first kappa shape index (κ1) is 36.1. The second kappa shape index (κ2) is 14.4. The Hall–Kier alpha value is -5.90. The fourth-order valence-corrected chi connectivity index (χ4v) is 7.98. The van der Waals surface area contributed by atoms with E-state index in [1.165, 1.54) is 11.1 Å². The third kappa shape index (κ3) is 6.75. The molecule has 17 heteroatoms. The molecule has 2 aromatic carbocycles. The lowest BCUT2D eigenvalue weighted by atomic mass is 9.95. The van der Waals surface area contributed by atoms with Crippen LogP contribution in [0, 0.1) is 5.92 Å². The van der Waals surface area contributed by atoms with Gasteiger partial charge in [-0.2, -0.15) is 0 Å². The summed E-state index contributed by atoms with van der Waals surface area (Å²) < 4.78 is 31.9. The Balaban J connectivity index is 0.817. The van der Waals surface area contributed by atoms with E-state index in [-0.39, 0.29) is 67.1 Å². The van der Waals surface area contributed by atoms with Gasteiger partial charge in [-0.15, -0.1) is 0 Å². The van der Waals surface area contributed by atoms with Crippen molar-refractivity contribution in [1.82, 2.24) is 25.1 Å². The summed E-state index contributed by atoms with van der Waals surface area (Å²) in [5.41, 5.74) is 3.73. The Morgan fingerprint density at radius 3 is 2.55 bits per heavy atom. The molecule has 3 fully saturated rings. The van der Waals surface area contributed by atoms with Gasteiger partial charge in [0, 0.05) is 73.7 Å². The number of carbonyl (C=O) groups is 6. The predicted octanol–water partition coefficient (Wildman–Crippen LogP) is 4.40. The maximum atomic E-state index is 13.2. The highest BCUT2D eigenvalue weighted by molar-refractivity contribution is 6.38. The summed E-state index contributed by atoms with van der Waals surface area (Å²) in [6.07, 6.45) is 0.161. The number of alkyl halides is 2. The van der Waals surface area contributed by atoms with Crippen molar-refractivity contribution in [3.05, 3.63) is 76.6 Å². The van der Waals surface area contributed by atoms with Crippen LogP contribution in [-0.2, 0) is 25.5 Å². The predicted molar refractivity (Wildman–Crippen MR) is 195 cm³/mol. The van der Waals surface area contributed by atoms with Gasteiger partial charge < -0.3 is 19.5 Å². The molecule has 2 aromatic heterocycles. The van der Waals surface area contributed by atoms with E-state index in [9.17, 15) is 37.5 Å². The molecule has 6 amide bonds. The molecule has 4 aliphatic heterocycles. The number of carbonyl (C=O) groups excluding carboxylic acids is 6. The van der Waals surface area contributed by atoms with E-state index in [1.54, 1.807) is 53.6 Å². The van der Waals surface area contributed by atoms with E-state index >= 15 is 0 Å². The molecule has 0 saturated carbocycles. The smallest absolute Gasteiger partial charge is 0.410 e. The average Bonchev–Trinajstić information content (AvgIpc) is 3.66. The molecule has 0 bridgehead atoms. The molecule has 14 nitrogen and oxygen atoms in total. The topological polar surface area (TPSA) is 165 Å². The molecular formula is C38H34ClF2N7O7. The van der Waals surface area contributed by atoms with Crippen molar-refractivity contribution in [2.45, 2.75) is 38.2 Å². The number of hydrogen-bond donors (Lipinski definition) is 2. The molecule has 0 spiro atoms. The number of fused-ring (bicyclic) bond motifs is 2. The highest BCUT2D eigenvalue weighted by Crippen LogP contribution is 2.37. The van der Waals surface area contributed by atoms with Crippen LogP contribution in [0.4, 0.5) is 25.0 Å². The number of anilines is 2. The lowest BCUT2D eigenvalue weighted by molar-refractivity contribution is -0.136. The second-order valence-electron chi connectivity index (χ2n) is 14.0. The van der Waals surface area contributed by atoms with Gasteiger partial charge in [0.05, 0.1) is 22.8 Å². The van der Waals surface area contributed by atoms with Crippen LogP contribution in [0.2, 0.25) is 5.02 Å². The SMILES string of the molecule is O=C1CCC(N2C(=O)c3ccc(N4CC(CCOC(=O)N5CCN(c6cccc(-c7cnc8[nH]cc(CC(F)F)c8c7Cl)c6)C(=O)C5)C4)cc3C2=O)C(=O)N1. The van der Waals surface area contributed by atoms with Crippen LogP contribution in [0.15, 0.2) is 54.9 Å². The second-order valence-corrected chi connectivity index (χ2v) is 14.4. The minimum atomic E-state index is -2.55. The van der Waals surface area contributed by atoms with Crippen LogP contribution in [-0.4, -0.2) is 107 Å². The molecule has 0 aliphatic carbocycles. The third-order valence-corrected chi connectivity index (χ3v) is 10.9. The summed E-state index contributed by atoms with van der Waals surface area (Å²) in [5.74, 6) is -2.30. The Morgan fingerprint density at radius 2 is 1.78 bits per heavy atom. The van der Waals surface area contributed by atoms with Gasteiger partial charge in [-0.3, -0.25) is 39.1 Å². The van der Waals surface area contributed by atoms with E-state index in [0.717, 1.165) is 10.6 Å². The maximum Gasteiger partial charge on any atom is 0.410 e. The van der Waals surface area contributed by atoms with Crippen molar-refractivity contribution in [1.29, 1.82) is 0 Å². The number of rotatable bonds is 9. The highest BCUT2D eigenvalue weighted by atomic mass is 35.5. The van der Waals surface area contributed by atoms with Crippen LogP contribution in [0.25, 0.3) is 22.2 Å². The molecule has 1 atom stereocenters. The van der Waals surface area contributed by atoms with Gasteiger partial charge >= 0.3 is 6.09 Å². The summed E-state index contributed by atoms with van der Waals surface area (Å²) in [4.78, 5) is 89.4. The number of aromatic nitrogens is 2. The zero-order valence-electron chi connectivity index (χ0n) is 29.2. The van der Waals surface area contributed by atoms with Crippen LogP contribution in [0.5, 0.6) is 0 Å². The van der Waals surface area contributed by atoms with Crippen molar-refractivity contribution in [3.8, 4) is 11.1 Å². The zero-order chi connectivity index (χ0) is 38.5. The lowest BCUT2D eigenvalue weighted by Gasteiger charge is -2.41. The Kier molecular flexibility index (Phi) is 9.45. The number of H-pyrrole nitrogens is 1. The van der Waals surface area contributed by atoms with Crippen molar-refractivity contribution >= 4 is 69.6 Å². The quantitative estimate of drug-likeness (QED) is 0.235. The standard InChI is InChI=1S/C38H34ClF2N7O7/c39-33-27(16-43-34-32(33)22(15-42-34)13-29(40)41)21-2-1-3-24(12-21)47-10-9-45(19-31(47)50)38(54)55-11-8-20-17-46(18-20)23-4-5-25-26(14-23)37(53)48(36(25)52)28-6-7-30(49)44-35(28)51/h1-5,12,14-16,20,28-29H,6-11,13,17-19H2,(H,42,43)(H,44,49,51). The monoisotopic (exact) mass is 773 g/mol. The number of ether oxygens (including phenoxy) is 1. The third-order valence-electron chi connectivity index (χ3n) is 10.5. The minimum absolute atomic E-state index is 0.0466. The number of halogens is 3. The zero-order valence-corrected chi connectivity index (χ0v) is 30.0. The van der Waals surface area contributed by atoms with E-state index in [1.807, 2.05) is 4.90 Å². The Bertz CT molecular complexity index is 2280. The number of nitrogens with zero attached hydrogens (tertiary/aromatic N) is 5. The van der Waals surface area contributed by atoms with Gasteiger partial charge in [-0.1, -0.05) is 23.7 Å². The van der Waals surface area contributed by atoms with E-state index in [0.29, 0.717) is 52.9 Å². The number of piperazine rings is 1. The molecule has 0 radical (unpaired) electrons. The van der Waals surface area contributed by atoms with Gasteiger partial charge in [-0.25, -0.2) is 18.6 Å². The van der Waals surface area contributed by atoms with Crippen molar-refractivity contribution in [2.75, 3.05) is 49.1 Å². The summed E-state index contributed by atoms with van der Waals surface area (Å²) in [6.45, 7) is 1.75. The van der Waals surface area contributed by atoms with Gasteiger partial charge in [-0.05, 0) is 60.2 Å². The molecule has 3 saturated heterocycles. The number of piperidine rings is 1. The minimum Gasteiger partial charge on any atom is -0.449 e. The first-order valence-electron chi connectivity index (χ1n) is 17.8. The highest BCUT2D eigenvalue weighted by Gasteiger charge is 2.45. The van der Waals surface area contributed by atoms with Crippen LogP contribution in [0.3, 0.4) is 0 Å². The van der Waals surface area contributed by atoms with E-state index in [4.69, 9.17) is 16.3 Å². The molecule has 6 heterocycles. The van der Waals surface area contributed by atoms with Gasteiger partial charge in [0.15, 0.2) is 0 Å². The number of benzene rings is 2. The Morgan fingerprint density at radius 1 is 0.982 bits per heavy atom. The number of aromatic amines is 1. The number of pyridine rings is 1. The molecule has 8 rings (SSSR count). The summed E-state index contributed by atoms with van der Waals surface area (Å²) in [7, 11) is 0. The molecular weight excluding hydrogens is 740 g/mol. The normalized spacial score (nSPS) is 19.1. The fourth-order valence-electron chi connectivity index (χ4n) is 7.61. The van der Waals surface area contributed by atoms with E-state index < -0.39 is 48.6 Å². The number of imide groups is 2. The number of nitrogens with one attached hydrogen (secondary N) is 2. The van der Waals surface area contributed by atoms with E-state index in [2.05, 4.69) is 15.3 Å². The van der Waals surface area contributed by atoms with Crippen LogP contribution < -0.4 is 15.1 Å². The summed E-state index contributed by atoms with van der Waals surface area (Å²) in [5, 5.41) is 2.90. The average molecular weight is 774 g/mol. The summed E-state index contributed by atoms with van der Waals surface area (Å²) in [6, 6.07) is 11.1. The van der Waals surface area contributed by atoms with Gasteiger partial charge in [0.2, 0.25) is 24.1 Å².